The van der Waals surface area contributed by atoms with E-state index in [4.69, 9.17) is 0 Å². The Morgan fingerprint density at radius 2 is 1.79 bits per heavy atom. The molecule has 1 aromatic carbocycles. The van der Waals surface area contributed by atoms with Crippen LogP contribution in [-0.2, 0) is 19.4 Å². The van der Waals surface area contributed by atoms with Gasteiger partial charge in [0.1, 0.15) is 0 Å². The fraction of sp³-hybridized carbons (Fsp3) is 0.450. The number of rotatable bonds is 3. The van der Waals surface area contributed by atoms with Crippen LogP contribution >= 0.6 is 11.3 Å². The number of fused-ring (bicyclic) bond motifs is 1. The maximum absolute atomic E-state index is 12.8. The molecule has 0 bridgehead atoms. The zero-order valence-electron chi connectivity index (χ0n) is 14.0. The van der Waals surface area contributed by atoms with E-state index in [9.17, 15) is 4.79 Å². The number of carbonyl (C=O) groups excluding carboxylic acids is 1. The Morgan fingerprint density at radius 1 is 1.00 bits per heavy atom. The molecule has 4 heteroatoms. The molecule has 24 heavy (non-hydrogen) atoms. The van der Waals surface area contributed by atoms with Crippen LogP contribution in [0.3, 0.4) is 0 Å². The average Bonchev–Trinajstić information content (AvgIpc) is 3.14. The lowest BCUT2D eigenvalue weighted by molar-refractivity contribution is 0.0629. The molecule has 1 aromatic heterocycles. The Kier molecular flexibility index (Phi) is 4.67. The second-order valence-electron chi connectivity index (χ2n) is 6.84. The first-order chi connectivity index (χ1) is 11.8. The third kappa shape index (κ3) is 3.40. The number of nitrogens with zero attached hydrogens (tertiary/aromatic N) is 2. The SMILES string of the molecule is O=C(c1ccc2c(c1)CCCC2)N1CCN(Cc2cccs2)CC1. The van der Waals surface area contributed by atoms with Crippen molar-refractivity contribution in [3.8, 4) is 0 Å². The van der Waals surface area contributed by atoms with E-state index in [0.29, 0.717) is 0 Å². The van der Waals surface area contributed by atoms with Crippen LogP contribution in [0.5, 0.6) is 0 Å². The van der Waals surface area contributed by atoms with E-state index in [-0.39, 0.29) is 5.91 Å². The van der Waals surface area contributed by atoms with Gasteiger partial charge in [0.05, 0.1) is 0 Å². The standard InChI is InChI=1S/C20H24N2OS/c23-20(18-8-7-16-4-1-2-5-17(16)14-18)22-11-9-21(10-12-22)15-19-6-3-13-24-19/h3,6-8,13-14H,1-2,4-5,9-12,15H2. The van der Waals surface area contributed by atoms with Gasteiger partial charge in [-0.15, -0.1) is 11.3 Å². The summed E-state index contributed by atoms with van der Waals surface area (Å²) in [6, 6.07) is 10.7. The van der Waals surface area contributed by atoms with Gasteiger partial charge in [0.15, 0.2) is 0 Å². The Morgan fingerprint density at radius 3 is 2.54 bits per heavy atom. The Labute approximate surface area is 147 Å². The van der Waals surface area contributed by atoms with Crippen molar-refractivity contribution in [1.29, 1.82) is 0 Å². The largest absolute Gasteiger partial charge is 0.336 e. The van der Waals surface area contributed by atoms with Gasteiger partial charge in [-0.05, 0) is 60.4 Å². The molecule has 1 aliphatic heterocycles. The third-order valence-corrected chi connectivity index (χ3v) is 6.08. The Hall–Kier alpha value is -1.65. The summed E-state index contributed by atoms with van der Waals surface area (Å²) in [5.41, 5.74) is 3.71. The first kappa shape index (κ1) is 15.9. The summed E-state index contributed by atoms with van der Waals surface area (Å²) >= 11 is 1.81. The average molecular weight is 340 g/mol. The Balaban J connectivity index is 1.37. The minimum atomic E-state index is 0.208. The number of thiophene rings is 1. The van der Waals surface area contributed by atoms with Gasteiger partial charge in [0.25, 0.3) is 5.91 Å². The highest BCUT2D eigenvalue weighted by molar-refractivity contribution is 7.09. The molecule has 0 atom stereocenters. The number of hydrogen-bond donors (Lipinski definition) is 0. The van der Waals surface area contributed by atoms with Crippen molar-refractivity contribution >= 4 is 17.2 Å². The molecule has 1 amide bonds. The van der Waals surface area contributed by atoms with E-state index in [1.54, 1.807) is 0 Å². The summed E-state index contributed by atoms with van der Waals surface area (Å²) < 4.78 is 0. The molecule has 1 aliphatic carbocycles. The fourth-order valence-electron chi connectivity index (χ4n) is 3.78. The van der Waals surface area contributed by atoms with Crippen molar-refractivity contribution in [2.75, 3.05) is 26.2 Å². The van der Waals surface area contributed by atoms with E-state index in [0.717, 1.165) is 44.7 Å². The van der Waals surface area contributed by atoms with Crippen LogP contribution in [-0.4, -0.2) is 41.9 Å². The van der Waals surface area contributed by atoms with Gasteiger partial charge in [-0.2, -0.15) is 0 Å². The zero-order chi connectivity index (χ0) is 16.4. The molecule has 2 aliphatic rings. The molecule has 2 heterocycles. The number of piperazine rings is 1. The smallest absolute Gasteiger partial charge is 0.253 e. The van der Waals surface area contributed by atoms with Crippen LogP contribution < -0.4 is 0 Å². The van der Waals surface area contributed by atoms with E-state index in [1.807, 2.05) is 22.3 Å². The lowest BCUT2D eigenvalue weighted by Gasteiger charge is -2.34. The quantitative estimate of drug-likeness (QED) is 0.852. The summed E-state index contributed by atoms with van der Waals surface area (Å²) in [5.74, 6) is 0.208. The van der Waals surface area contributed by atoms with Crippen LogP contribution in [0.1, 0.15) is 39.2 Å². The fourth-order valence-corrected chi connectivity index (χ4v) is 4.53. The van der Waals surface area contributed by atoms with E-state index < -0.39 is 0 Å². The number of carbonyl (C=O) groups is 1. The van der Waals surface area contributed by atoms with Gasteiger partial charge in [0.2, 0.25) is 0 Å². The van der Waals surface area contributed by atoms with Crippen molar-refractivity contribution in [3.05, 3.63) is 57.3 Å². The molecule has 0 unspecified atom stereocenters. The minimum Gasteiger partial charge on any atom is -0.336 e. The highest BCUT2D eigenvalue weighted by atomic mass is 32.1. The summed E-state index contributed by atoms with van der Waals surface area (Å²) in [6.45, 7) is 4.62. The minimum absolute atomic E-state index is 0.208. The topological polar surface area (TPSA) is 23.6 Å². The van der Waals surface area contributed by atoms with Gasteiger partial charge < -0.3 is 4.90 Å². The van der Waals surface area contributed by atoms with E-state index in [1.165, 1.54) is 35.3 Å². The maximum atomic E-state index is 12.8. The molecular weight excluding hydrogens is 316 g/mol. The monoisotopic (exact) mass is 340 g/mol. The van der Waals surface area contributed by atoms with Gasteiger partial charge >= 0.3 is 0 Å². The van der Waals surface area contributed by atoms with Crippen molar-refractivity contribution < 1.29 is 4.79 Å². The van der Waals surface area contributed by atoms with E-state index >= 15 is 0 Å². The number of aryl methyl sites for hydroxylation is 2. The van der Waals surface area contributed by atoms with Gasteiger partial charge in [-0.25, -0.2) is 0 Å². The van der Waals surface area contributed by atoms with Gasteiger partial charge in [0, 0.05) is 43.2 Å². The number of amides is 1. The van der Waals surface area contributed by atoms with Crippen LogP contribution in [0.25, 0.3) is 0 Å². The van der Waals surface area contributed by atoms with Crippen molar-refractivity contribution in [3.63, 3.8) is 0 Å². The van der Waals surface area contributed by atoms with Crippen molar-refractivity contribution in [1.82, 2.24) is 9.80 Å². The normalized spacial score (nSPS) is 18.4. The molecule has 0 N–H and O–H groups in total. The molecule has 2 aromatic rings. The molecule has 1 saturated heterocycles. The highest BCUT2D eigenvalue weighted by Gasteiger charge is 2.23. The Bertz CT molecular complexity index is 702. The first-order valence-electron chi connectivity index (χ1n) is 8.95. The van der Waals surface area contributed by atoms with Crippen molar-refractivity contribution in [2.24, 2.45) is 0 Å². The van der Waals surface area contributed by atoms with Crippen LogP contribution in [0.15, 0.2) is 35.7 Å². The van der Waals surface area contributed by atoms with Gasteiger partial charge in [-0.3, -0.25) is 9.69 Å². The summed E-state index contributed by atoms with van der Waals surface area (Å²) in [5, 5.41) is 2.13. The summed E-state index contributed by atoms with van der Waals surface area (Å²) in [4.78, 5) is 18.7. The van der Waals surface area contributed by atoms with E-state index in [2.05, 4.69) is 34.5 Å². The molecule has 0 spiro atoms. The third-order valence-electron chi connectivity index (χ3n) is 5.21. The number of hydrogen-bond acceptors (Lipinski definition) is 3. The van der Waals surface area contributed by atoms with Crippen LogP contribution in [0.2, 0.25) is 0 Å². The highest BCUT2D eigenvalue weighted by Crippen LogP contribution is 2.23. The molecule has 0 radical (unpaired) electrons. The number of benzene rings is 1. The molecule has 0 saturated carbocycles. The summed E-state index contributed by atoms with van der Waals surface area (Å²) in [6.07, 6.45) is 4.84. The molecular formula is C20H24N2OS. The predicted octanol–water partition coefficient (Wildman–Crippen LogP) is 3.58. The van der Waals surface area contributed by atoms with Gasteiger partial charge in [-0.1, -0.05) is 12.1 Å². The summed E-state index contributed by atoms with van der Waals surface area (Å²) in [7, 11) is 0. The second-order valence-corrected chi connectivity index (χ2v) is 7.87. The molecule has 1 fully saturated rings. The van der Waals surface area contributed by atoms with Crippen LogP contribution in [0.4, 0.5) is 0 Å². The predicted molar refractivity (Wildman–Crippen MR) is 98.6 cm³/mol. The van der Waals surface area contributed by atoms with Crippen molar-refractivity contribution in [2.45, 2.75) is 32.2 Å². The second kappa shape index (κ2) is 7.08. The lowest BCUT2D eigenvalue weighted by Crippen LogP contribution is -2.48. The molecule has 4 rings (SSSR count). The maximum Gasteiger partial charge on any atom is 0.253 e. The first-order valence-corrected chi connectivity index (χ1v) is 9.83. The molecule has 3 nitrogen and oxygen atoms in total. The molecule has 126 valence electrons. The zero-order valence-corrected chi connectivity index (χ0v) is 14.9. The van der Waals surface area contributed by atoms with Crippen LogP contribution in [0, 0.1) is 0 Å². The lowest BCUT2D eigenvalue weighted by atomic mass is 9.90.